The number of para-hydroxylation sites is 2. The third-order valence-corrected chi connectivity index (χ3v) is 6.05. The molecule has 2 heterocycles. The van der Waals surface area contributed by atoms with Crippen LogP contribution in [0, 0.1) is 0 Å². The number of amides is 2. The van der Waals surface area contributed by atoms with Gasteiger partial charge < -0.3 is 10.6 Å². The summed E-state index contributed by atoms with van der Waals surface area (Å²) in [6, 6.07) is 19.2. The summed E-state index contributed by atoms with van der Waals surface area (Å²) in [5.41, 5.74) is 2.55. The molecule has 0 aliphatic carbocycles. The number of aromatic nitrogens is 1. The zero-order valence-electron chi connectivity index (χ0n) is 14.8. The Kier molecular flexibility index (Phi) is 5.45. The molecule has 0 spiro atoms. The van der Waals surface area contributed by atoms with Crippen LogP contribution in [0.15, 0.2) is 66.0 Å². The fraction of sp³-hybridized carbons (Fsp3) is 0.0952. The number of carbonyl (C=O) groups is 2. The third-order valence-electron chi connectivity index (χ3n) is 4.11. The first-order valence-corrected chi connectivity index (χ1v) is 10.5. The minimum Gasteiger partial charge on any atom is -0.351 e. The number of benzene rings is 2. The molecule has 0 radical (unpaired) electrons. The highest BCUT2D eigenvalue weighted by molar-refractivity contribution is 7.21. The number of anilines is 1. The maximum absolute atomic E-state index is 12.4. The van der Waals surface area contributed by atoms with Crippen LogP contribution >= 0.6 is 22.7 Å². The van der Waals surface area contributed by atoms with Crippen molar-refractivity contribution in [2.75, 3.05) is 11.9 Å². The SMILES string of the molecule is O=C(CCNC(=O)c1cccs1)Nc1ccccc1-c1nc2ccccc2s1. The Hall–Kier alpha value is -3.03. The van der Waals surface area contributed by atoms with Gasteiger partial charge in [-0.3, -0.25) is 9.59 Å². The summed E-state index contributed by atoms with van der Waals surface area (Å²) in [4.78, 5) is 29.6. The Morgan fingerprint density at radius 1 is 0.964 bits per heavy atom. The normalized spacial score (nSPS) is 10.7. The van der Waals surface area contributed by atoms with E-state index in [1.165, 1.54) is 11.3 Å². The second-order valence-corrected chi connectivity index (χ2v) is 8.04. The Morgan fingerprint density at radius 3 is 2.61 bits per heavy atom. The fourth-order valence-corrected chi connectivity index (χ4v) is 4.41. The van der Waals surface area contributed by atoms with Crippen LogP contribution < -0.4 is 10.6 Å². The van der Waals surface area contributed by atoms with Gasteiger partial charge in [-0.05, 0) is 35.7 Å². The lowest BCUT2D eigenvalue weighted by Crippen LogP contribution is -2.27. The van der Waals surface area contributed by atoms with Crippen molar-refractivity contribution >= 4 is 50.4 Å². The van der Waals surface area contributed by atoms with E-state index >= 15 is 0 Å². The number of hydrogen-bond donors (Lipinski definition) is 2. The molecule has 140 valence electrons. The molecule has 0 saturated heterocycles. The van der Waals surface area contributed by atoms with Crippen LogP contribution in [-0.4, -0.2) is 23.3 Å². The topological polar surface area (TPSA) is 71.1 Å². The molecule has 0 fully saturated rings. The third kappa shape index (κ3) is 4.11. The largest absolute Gasteiger partial charge is 0.351 e. The van der Waals surface area contributed by atoms with E-state index < -0.39 is 0 Å². The molecule has 0 atom stereocenters. The molecule has 2 amide bonds. The van der Waals surface area contributed by atoms with Gasteiger partial charge in [0.1, 0.15) is 5.01 Å². The van der Waals surface area contributed by atoms with Gasteiger partial charge in [0.2, 0.25) is 5.91 Å². The highest BCUT2D eigenvalue weighted by Crippen LogP contribution is 2.34. The van der Waals surface area contributed by atoms with Gasteiger partial charge in [-0.25, -0.2) is 4.98 Å². The van der Waals surface area contributed by atoms with Crippen LogP contribution in [-0.2, 0) is 4.79 Å². The number of hydrogen-bond acceptors (Lipinski definition) is 5. The van der Waals surface area contributed by atoms with Crippen molar-refractivity contribution in [2.24, 2.45) is 0 Å². The van der Waals surface area contributed by atoms with Crippen molar-refractivity contribution in [3.8, 4) is 10.6 Å². The van der Waals surface area contributed by atoms with E-state index in [0.29, 0.717) is 4.88 Å². The van der Waals surface area contributed by atoms with Gasteiger partial charge in [0, 0.05) is 18.5 Å². The molecule has 4 aromatic rings. The number of rotatable bonds is 6. The molecular formula is C21H17N3O2S2. The quantitative estimate of drug-likeness (QED) is 0.483. The number of carbonyl (C=O) groups excluding carboxylic acids is 2. The van der Waals surface area contributed by atoms with E-state index in [4.69, 9.17) is 0 Å². The molecule has 0 aliphatic heterocycles. The van der Waals surface area contributed by atoms with Crippen molar-refractivity contribution in [3.05, 3.63) is 70.9 Å². The summed E-state index contributed by atoms with van der Waals surface area (Å²) in [6.45, 7) is 0.284. The van der Waals surface area contributed by atoms with E-state index in [1.54, 1.807) is 17.4 Å². The standard InChI is InChI=1S/C21H17N3O2S2/c25-19(11-12-22-20(26)18-10-5-13-27-18)23-15-7-2-1-6-14(15)21-24-16-8-3-4-9-17(16)28-21/h1-10,13H,11-12H2,(H,22,26)(H,23,25). The zero-order valence-corrected chi connectivity index (χ0v) is 16.5. The van der Waals surface area contributed by atoms with Gasteiger partial charge in [-0.2, -0.15) is 0 Å². The van der Waals surface area contributed by atoms with Gasteiger partial charge in [-0.15, -0.1) is 22.7 Å². The summed E-state index contributed by atoms with van der Waals surface area (Å²) >= 11 is 2.97. The second-order valence-electron chi connectivity index (χ2n) is 6.06. The summed E-state index contributed by atoms with van der Waals surface area (Å²) in [6.07, 6.45) is 0.200. The highest BCUT2D eigenvalue weighted by atomic mass is 32.1. The van der Waals surface area contributed by atoms with Gasteiger partial charge in [0.25, 0.3) is 5.91 Å². The predicted molar refractivity (Wildman–Crippen MR) is 115 cm³/mol. The van der Waals surface area contributed by atoms with E-state index in [-0.39, 0.29) is 24.8 Å². The van der Waals surface area contributed by atoms with Crippen LogP contribution in [0.1, 0.15) is 16.1 Å². The maximum Gasteiger partial charge on any atom is 0.261 e. The highest BCUT2D eigenvalue weighted by Gasteiger charge is 2.13. The van der Waals surface area contributed by atoms with Crippen LogP contribution in [0.25, 0.3) is 20.8 Å². The fourth-order valence-electron chi connectivity index (χ4n) is 2.76. The van der Waals surface area contributed by atoms with Crippen molar-refractivity contribution in [3.63, 3.8) is 0 Å². The van der Waals surface area contributed by atoms with Crippen molar-refractivity contribution in [1.82, 2.24) is 10.3 Å². The Morgan fingerprint density at radius 2 is 1.79 bits per heavy atom. The molecule has 2 N–H and O–H groups in total. The van der Waals surface area contributed by atoms with Crippen molar-refractivity contribution in [1.29, 1.82) is 0 Å². The molecule has 2 aromatic carbocycles. The van der Waals surface area contributed by atoms with Gasteiger partial charge >= 0.3 is 0 Å². The predicted octanol–water partition coefficient (Wildman–Crippen LogP) is 4.78. The summed E-state index contributed by atoms with van der Waals surface area (Å²) in [5, 5.41) is 8.42. The first-order chi connectivity index (χ1) is 13.7. The number of thiophene rings is 1. The second kappa shape index (κ2) is 8.33. The molecule has 7 heteroatoms. The smallest absolute Gasteiger partial charge is 0.261 e. The van der Waals surface area contributed by atoms with Crippen LogP contribution in [0.4, 0.5) is 5.69 Å². The first kappa shape index (κ1) is 18.3. The van der Waals surface area contributed by atoms with E-state index in [0.717, 1.165) is 26.5 Å². The lowest BCUT2D eigenvalue weighted by Gasteiger charge is -2.09. The molecule has 4 rings (SSSR count). The van der Waals surface area contributed by atoms with Gasteiger partial charge in [0.05, 0.1) is 20.8 Å². The number of fused-ring (bicyclic) bond motifs is 1. The monoisotopic (exact) mass is 407 g/mol. The lowest BCUT2D eigenvalue weighted by molar-refractivity contribution is -0.116. The Balaban J connectivity index is 1.42. The number of nitrogens with one attached hydrogen (secondary N) is 2. The summed E-state index contributed by atoms with van der Waals surface area (Å²) in [7, 11) is 0. The van der Waals surface area contributed by atoms with Crippen LogP contribution in [0.5, 0.6) is 0 Å². The zero-order chi connectivity index (χ0) is 19.3. The Labute approximate surface area is 170 Å². The van der Waals surface area contributed by atoms with Crippen LogP contribution in [0.2, 0.25) is 0 Å². The van der Waals surface area contributed by atoms with E-state index in [9.17, 15) is 9.59 Å². The van der Waals surface area contributed by atoms with Crippen molar-refractivity contribution < 1.29 is 9.59 Å². The molecule has 0 saturated carbocycles. The summed E-state index contributed by atoms with van der Waals surface area (Å²) < 4.78 is 1.11. The lowest BCUT2D eigenvalue weighted by atomic mass is 10.2. The molecule has 0 bridgehead atoms. The molecule has 2 aromatic heterocycles. The van der Waals surface area contributed by atoms with Crippen LogP contribution in [0.3, 0.4) is 0 Å². The molecule has 5 nitrogen and oxygen atoms in total. The minimum absolute atomic E-state index is 0.153. The average molecular weight is 408 g/mol. The summed E-state index contributed by atoms with van der Waals surface area (Å²) in [5.74, 6) is -0.308. The van der Waals surface area contributed by atoms with Gasteiger partial charge in [0.15, 0.2) is 0 Å². The van der Waals surface area contributed by atoms with Gasteiger partial charge in [-0.1, -0.05) is 30.3 Å². The number of nitrogens with zero attached hydrogens (tertiary/aromatic N) is 1. The molecule has 0 unspecified atom stereocenters. The maximum atomic E-state index is 12.4. The van der Waals surface area contributed by atoms with E-state index in [1.807, 2.05) is 60.0 Å². The van der Waals surface area contributed by atoms with E-state index in [2.05, 4.69) is 15.6 Å². The molecular weight excluding hydrogens is 390 g/mol. The number of thiazole rings is 1. The van der Waals surface area contributed by atoms with Crippen molar-refractivity contribution in [2.45, 2.75) is 6.42 Å². The Bertz CT molecular complexity index is 1090. The molecule has 0 aliphatic rings. The molecule has 28 heavy (non-hydrogen) atoms. The average Bonchev–Trinajstić information content (AvgIpc) is 3.38. The minimum atomic E-state index is -0.155. The first-order valence-electron chi connectivity index (χ1n) is 8.77.